The van der Waals surface area contributed by atoms with Crippen molar-refractivity contribution in [1.82, 2.24) is 10.9 Å². The monoisotopic (exact) mass is 365 g/mol. The van der Waals surface area contributed by atoms with Crippen LogP contribution in [0, 0.1) is 0 Å². The van der Waals surface area contributed by atoms with Gasteiger partial charge in [0.15, 0.2) is 12.2 Å². The number of nitrogens with zero attached hydrogens (tertiary/aromatic N) is 1. The van der Waals surface area contributed by atoms with E-state index in [1.807, 2.05) is 0 Å². The first-order valence-electron chi connectivity index (χ1n) is 7.77. The lowest BCUT2D eigenvalue weighted by molar-refractivity contribution is -0.288. The number of aliphatic imine (C=N–C) groups is 1. The molecule has 0 saturated carbocycles. The number of hydrazine groups is 1. The third-order valence-electron chi connectivity index (χ3n) is 3.72. The lowest BCUT2D eigenvalue weighted by Crippen LogP contribution is -2.61. The van der Waals surface area contributed by atoms with Crippen LogP contribution in [0.1, 0.15) is 12.8 Å². The number of nitrogens with two attached hydrogens (primary N) is 2. The molecule has 1 aliphatic heterocycles. The first kappa shape index (κ1) is 21.5. The second-order valence-corrected chi connectivity index (χ2v) is 5.62. The molecule has 0 aromatic heterocycles. The molecule has 0 radical (unpaired) electrons. The number of nitrogens with one attached hydrogen (secondary N) is 2. The fourth-order valence-corrected chi connectivity index (χ4v) is 2.32. The number of aliphatic carboxylic acids is 1. The zero-order chi connectivity index (χ0) is 19.0. The Balaban J connectivity index is 2.44. The normalized spacial score (nSPS) is 30.6. The summed E-state index contributed by atoms with van der Waals surface area (Å²) in [4.78, 5) is 15.0. The topological polar surface area (TPSA) is 205 Å². The van der Waals surface area contributed by atoms with Crippen molar-refractivity contribution < 1.29 is 34.7 Å². The molecule has 25 heavy (non-hydrogen) atoms. The minimum Gasteiger partial charge on any atom is -0.480 e. The molecule has 0 bridgehead atoms. The summed E-state index contributed by atoms with van der Waals surface area (Å²) >= 11 is 0. The number of ether oxygens (including phenoxy) is 2. The van der Waals surface area contributed by atoms with Crippen LogP contribution in [0.3, 0.4) is 0 Å². The number of aliphatic hydroxyl groups is 3. The van der Waals surface area contributed by atoms with Crippen molar-refractivity contribution in [3.8, 4) is 0 Å². The van der Waals surface area contributed by atoms with Crippen molar-refractivity contribution in [2.45, 2.75) is 49.6 Å². The molecule has 0 spiro atoms. The van der Waals surface area contributed by atoms with E-state index >= 15 is 0 Å². The summed E-state index contributed by atoms with van der Waals surface area (Å²) in [5, 5.41) is 38.5. The van der Waals surface area contributed by atoms with Crippen LogP contribution in [-0.2, 0) is 14.3 Å². The van der Waals surface area contributed by atoms with Crippen LogP contribution in [0.4, 0.5) is 0 Å². The van der Waals surface area contributed by atoms with E-state index in [4.69, 9.17) is 26.0 Å². The quantitative estimate of drug-likeness (QED) is 0.0811. The lowest BCUT2D eigenvalue weighted by Gasteiger charge is -2.39. The molecule has 0 aromatic carbocycles. The van der Waals surface area contributed by atoms with Crippen molar-refractivity contribution in [1.29, 1.82) is 0 Å². The number of hydrogen-bond donors (Lipinski definition) is 8. The van der Waals surface area contributed by atoms with Gasteiger partial charge in [-0.25, -0.2) is 5.43 Å². The van der Waals surface area contributed by atoms with Gasteiger partial charge in [-0.2, -0.15) is 0 Å². The first-order chi connectivity index (χ1) is 11.8. The van der Waals surface area contributed by atoms with Gasteiger partial charge in [0.25, 0.3) is 0 Å². The molecule has 1 heterocycles. The van der Waals surface area contributed by atoms with E-state index in [9.17, 15) is 20.1 Å². The van der Waals surface area contributed by atoms with Crippen LogP contribution in [-0.4, -0.2) is 89.3 Å². The highest BCUT2D eigenvalue weighted by atomic mass is 16.7. The standard InChI is InChI=1S/C13H27N5O7/c1-24-12-10(21)9(20)8(19)7(25-12)5-17-18-6(11(22)23)3-2-4-16-13(14)15/h6-10,12,17-21H,2-5H2,1H3,(H,22,23)(H4,14,15,16)/t6-,7+,8+,9-,10-,12-/m0/s1. The van der Waals surface area contributed by atoms with E-state index in [1.165, 1.54) is 7.11 Å². The Morgan fingerprint density at radius 3 is 2.52 bits per heavy atom. The van der Waals surface area contributed by atoms with Gasteiger partial charge in [0.1, 0.15) is 30.5 Å². The number of carbonyl (C=O) groups is 1. The minimum absolute atomic E-state index is 0.0253. The van der Waals surface area contributed by atoms with Crippen LogP contribution in [0.15, 0.2) is 4.99 Å². The Kier molecular flexibility index (Phi) is 8.99. The summed E-state index contributed by atoms with van der Waals surface area (Å²) in [6.07, 6.45) is -5.49. The van der Waals surface area contributed by atoms with E-state index in [2.05, 4.69) is 15.8 Å². The van der Waals surface area contributed by atoms with E-state index in [0.717, 1.165) is 0 Å². The summed E-state index contributed by atoms with van der Waals surface area (Å²) in [5.41, 5.74) is 15.6. The van der Waals surface area contributed by atoms with Crippen LogP contribution in [0.25, 0.3) is 0 Å². The maximum atomic E-state index is 11.2. The molecule has 1 rings (SSSR count). The number of carboxylic acids is 1. The minimum atomic E-state index is -1.44. The Morgan fingerprint density at radius 2 is 1.96 bits per heavy atom. The first-order valence-corrected chi connectivity index (χ1v) is 7.77. The molecular weight excluding hydrogens is 338 g/mol. The molecule has 0 aromatic rings. The SMILES string of the molecule is CO[C@H]1O[C@H](CNN[C@@H](CCCN=C(N)N)C(=O)O)[C@@H](O)[C@H](O)[C@@H]1O. The van der Waals surface area contributed by atoms with Gasteiger partial charge in [-0.05, 0) is 12.8 Å². The molecule has 0 unspecified atom stereocenters. The molecule has 6 atom stereocenters. The van der Waals surface area contributed by atoms with E-state index in [1.54, 1.807) is 0 Å². The van der Waals surface area contributed by atoms with Crippen molar-refractivity contribution in [2.24, 2.45) is 16.5 Å². The highest BCUT2D eigenvalue weighted by Crippen LogP contribution is 2.21. The average Bonchev–Trinajstić information content (AvgIpc) is 2.56. The zero-order valence-corrected chi connectivity index (χ0v) is 13.9. The fraction of sp³-hybridized carbons (Fsp3) is 0.846. The number of rotatable bonds is 10. The van der Waals surface area contributed by atoms with Gasteiger partial charge < -0.3 is 41.4 Å². The predicted octanol–water partition coefficient (Wildman–Crippen LogP) is -3.96. The summed E-state index contributed by atoms with van der Waals surface area (Å²) < 4.78 is 10.2. The molecule has 12 nitrogen and oxygen atoms in total. The summed E-state index contributed by atoms with van der Waals surface area (Å²) in [6, 6.07) is -0.913. The maximum absolute atomic E-state index is 11.2. The maximum Gasteiger partial charge on any atom is 0.322 e. The van der Waals surface area contributed by atoms with E-state index < -0.39 is 42.7 Å². The molecular formula is C13H27N5O7. The number of hydrogen-bond acceptors (Lipinski definition) is 9. The van der Waals surface area contributed by atoms with E-state index in [-0.39, 0.29) is 18.9 Å². The van der Waals surface area contributed by atoms with Gasteiger partial charge in [0.05, 0.1) is 0 Å². The van der Waals surface area contributed by atoms with Crippen LogP contribution < -0.4 is 22.3 Å². The van der Waals surface area contributed by atoms with Gasteiger partial charge in [-0.1, -0.05) is 0 Å². The second kappa shape index (κ2) is 10.5. The molecule has 10 N–H and O–H groups in total. The number of guanidine groups is 1. The predicted molar refractivity (Wildman–Crippen MR) is 86.2 cm³/mol. The molecule has 1 fully saturated rings. The van der Waals surface area contributed by atoms with Crippen molar-refractivity contribution in [2.75, 3.05) is 20.2 Å². The molecule has 1 saturated heterocycles. The third kappa shape index (κ3) is 6.70. The Bertz CT molecular complexity index is 446. The largest absolute Gasteiger partial charge is 0.480 e. The molecule has 1 aliphatic rings. The van der Waals surface area contributed by atoms with Crippen LogP contribution in [0.5, 0.6) is 0 Å². The van der Waals surface area contributed by atoms with Gasteiger partial charge in [-0.15, -0.1) is 0 Å². The average molecular weight is 365 g/mol. The van der Waals surface area contributed by atoms with E-state index in [0.29, 0.717) is 13.0 Å². The molecule has 146 valence electrons. The zero-order valence-electron chi connectivity index (χ0n) is 13.9. The summed E-state index contributed by atoms with van der Waals surface area (Å²) in [6.45, 7) is 0.278. The van der Waals surface area contributed by atoms with Gasteiger partial charge in [0.2, 0.25) is 0 Å². The molecule has 0 amide bonds. The molecule has 0 aliphatic carbocycles. The van der Waals surface area contributed by atoms with Gasteiger partial charge >= 0.3 is 5.97 Å². The number of methoxy groups -OCH3 is 1. The summed E-state index contributed by atoms with van der Waals surface area (Å²) in [7, 11) is 1.29. The Morgan fingerprint density at radius 1 is 1.28 bits per heavy atom. The van der Waals surface area contributed by atoms with Crippen LogP contribution in [0.2, 0.25) is 0 Å². The summed E-state index contributed by atoms with van der Waals surface area (Å²) in [5.74, 6) is -1.14. The van der Waals surface area contributed by atoms with Gasteiger partial charge in [-0.3, -0.25) is 15.2 Å². The highest BCUT2D eigenvalue weighted by Gasteiger charge is 2.43. The smallest absolute Gasteiger partial charge is 0.322 e. The Labute approximate surface area is 144 Å². The van der Waals surface area contributed by atoms with Gasteiger partial charge in [0, 0.05) is 20.2 Å². The lowest BCUT2D eigenvalue weighted by atomic mass is 9.99. The Hall–Kier alpha value is -1.54. The van der Waals surface area contributed by atoms with Crippen molar-refractivity contribution >= 4 is 11.9 Å². The third-order valence-corrected chi connectivity index (χ3v) is 3.72. The number of aliphatic hydroxyl groups excluding tert-OH is 3. The fourth-order valence-electron chi connectivity index (χ4n) is 2.32. The molecule has 12 heteroatoms. The second-order valence-electron chi connectivity index (χ2n) is 5.62. The van der Waals surface area contributed by atoms with Crippen molar-refractivity contribution in [3.05, 3.63) is 0 Å². The van der Waals surface area contributed by atoms with Crippen molar-refractivity contribution in [3.63, 3.8) is 0 Å². The number of carboxylic acid groups (broad SMARTS) is 1. The van der Waals surface area contributed by atoms with Crippen LogP contribution >= 0.6 is 0 Å². The highest BCUT2D eigenvalue weighted by molar-refractivity contribution is 5.75.